The minimum Gasteiger partial charge on any atom is -0.368 e. The second kappa shape index (κ2) is 5.45. The fourth-order valence-electron chi connectivity index (χ4n) is 4.06. The van der Waals surface area contributed by atoms with Gasteiger partial charge in [0.1, 0.15) is 0 Å². The number of aryl methyl sites for hydroxylation is 1. The van der Waals surface area contributed by atoms with E-state index in [1.54, 1.807) is 12.1 Å². The standard InChI is InChI=1S/C19H18F3NS/c1-11-16-10-14(24-19(20,21)22)6-3-12(16)4-8-18-15-7-5-13(23(18)2)9-17(11)15/h3,5-7,9-11,18H,4,8H2,1-2H3. The highest BCUT2D eigenvalue weighted by molar-refractivity contribution is 8.00. The van der Waals surface area contributed by atoms with E-state index in [9.17, 15) is 13.2 Å². The van der Waals surface area contributed by atoms with E-state index in [1.165, 1.54) is 22.4 Å². The molecule has 2 aliphatic heterocycles. The molecular formula is C19H18F3NS. The molecule has 1 nitrogen and oxygen atoms in total. The molecule has 2 heterocycles. The lowest BCUT2D eigenvalue weighted by Crippen LogP contribution is -2.31. The number of benzene rings is 2. The van der Waals surface area contributed by atoms with Crippen molar-refractivity contribution in [2.24, 2.45) is 0 Å². The average molecular weight is 349 g/mol. The van der Waals surface area contributed by atoms with E-state index in [2.05, 4.69) is 37.1 Å². The van der Waals surface area contributed by atoms with Gasteiger partial charge >= 0.3 is 5.51 Å². The summed E-state index contributed by atoms with van der Waals surface area (Å²) in [7, 11) is 2.12. The van der Waals surface area contributed by atoms with Gasteiger partial charge < -0.3 is 4.90 Å². The summed E-state index contributed by atoms with van der Waals surface area (Å²) >= 11 is -0.0270. The van der Waals surface area contributed by atoms with Gasteiger partial charge in [-0.25, -0.2) is 0 Å². The van der Waals surface area contributed by atoms with E-state index in [0.717, 1.165) is 18.4 Å². The van der Waals surface area contributed by atoms with Crippen LogP contribution in [-0.2, 0) is 6.42 Å². The van der Waals surface area contributed by atoms with Gasteiger partial charge in [-0.1, -0.05) is 19.1 Å². The van der Waals surface area contributed by atoms with E-state index in [4.69, 9.17) is 0 Å². The Kier molecular flexibility index (Phi) is 3.60. The van der Waals surface area contributed by atoms with E-state index < -0.39 is 5.51 Å². The van der Waals surface area contributed by atoms with Gasteiger partial charge in [0.2, 0.25) is 0 Å². The van der Waals surface area contributed by atoms with Crippen molar-refractivity contribution in [2.75, 3.05) is 11.9 Å². The third kappa shape index (κ3) is 2.59. The lowest BCUT2D eigenvalue weighted by atomic mass is 9.77. The van der Waals surface area contributed by atoms with Gasteiger partial charge in [0.15, 0.2) is 0 Å². The molecule has 0 aromatic heterocycles. The van der Waals surface area contributed by atoms with Gasteiger partial charge in [-0.2, -0.15) is 13.2 Å². The molecule has 4 bridgehead atoms. The number of halogens is 3. The number of nitrogens with zero attached hydrogens (tertiary/aromatic N) is 1. The predicted octanol–water partition coefficient (Wildman–Crippen LogP) is 5.89. The van der Waals surface area contributed by atoms with Crippen molar-refractivity contribution in [3.8, 4) is 0 Å². The zero-order valence-electron chi connectivity index (χ0n) is 13.5. The number of rotatable bonds is 1. The summed E-state index contributed by atoms with van der Waals surface area (Å²) in [6.07, 6.45) is 1.88. The van der Waals surface area contributed by atoms with Crippen molar-refractivity contribution in [1.29, 1.82) is 0 Å². The number of anilines is 1. The Bertz CT molecular complexity index is 800. The van der Waals surface area contributed by atoms with Crippen molar-refractivity contribution in [3.05, 3.63) is 58.7 Å². The van der Waals surface area contributed by atoms with Crippen LogP contribution in [0.4, 0.5) is 18.9 Å². The summed E-state index contributed by atoms with van der Waals surface area (Å²) in [6, 6.07) is 12.1. The van der Waals surface area contributed by atoms with Crippen LogP contribution in [0.2, 0.25) is 0 Å². The van der Waals surface area contributed by atoms with Crippen molar-refractivity contribution in [2.45, 2.75) is 42.1 Å². The maximum absolute atomic E-state index is 12.7. The third-order valence-electron chi connectivity index (χ3n) is 5.28. The Hall–Kier alpha value is -1.62. The Morgan fingerprint density at radius 2 is 1.83 bits per heavy atom. The van der Waals surface area contributed by atoms with Crippen molar-refractivity contribution >= 4 is 17.4 Å². The first kappa shape index (κ1) is 15.9. The molecule has 126 valence electrons. The first-order valence-electron chi connectivity index (χ1n) is 8.09. The minimum atomic E-state index is -4.25. The Labute approximate surface area is 143 Å². The van der Waals surface area contributed by atoms with Gasteiger partial charge in [-0.15, -0.1) is 0 Å². The first-order valence-corrected chi connectivity index (χ1v) is 8.90. The number of hydrogen-bond acceptors (Lipinski definition) is 2. The topological polar surface area (TPSA) is 3.24 Å². The summed E-state index contributed by atoms with van der Waals surface area (Å²) < 4.78 is 38.1. The van der Waals surface area contributed by atoms with Crippen LogP contribution in [0.1, 0.15) is 47.6 Å². The van der Waals surface area contributed by atoms with Crippen LogP contribution in [0.15, 0.2) is 41.3 Å². The molecule has 0 radical (unpaired) electrons. The number of thioether (sulfide) groups is 1. The molecule has 0 N–H and O–H groups in total. The fourth-order valence-corrected chi connectivity index (χ4v) is 4.65. The molecule has 0 spiro atoms. The van der Waals surface area contributed by atoms with E-state index in [1.807, 2.05) is 6.07 Å². The second-order valence-electron chi connectivity index (χ2n) is 6.61. The Morgan fingerprint density at radius 1 is 1.04 bits per heavy atom. The molecular weight excluding hydrogens is 331 g/mol. The summed E-state index contributed by atoms with van der Waals surface area (Å²) in [5.74, 6) is 0.111. The van der Waals surface area contributed by atoms with Gasteiger partial charge in [-0.05, 0) is 71.1 Å². The molecule has 24 heavy (non-hydrogen) atoms. The van der Waals surface area contributed by atoms with Crippen molar-refractivity contribution in [3.63, 3.8) is 0 Å². The molecule has 5 rings (SSSR count). The molecule has 5 heteroatoms. The molecule has 2 aromatic rings. The predicted molar refractivity (Wildman–Crippen MR) is 91.8 cm³/mol. The van der Waals surface area contributed by atoms with Crippen LogP contribution >= 0.6 is 11.8 Å². The molecule has 2 atom stereocenters. The SMILES string of the molecule is CC1c2cc(SC(F)(F)F)ccc2CCC2c3ccc(cc31)N2C. The highest BCUT2D eigenvalue weighted by Gasteiger charge is 2.33. The Balaban J connectivity index is 1.80. The average Bonchev–Trinajstić information content (AvgIpc) is 2.52. The summed E-state index contributed by atoms with van der Waals surface area (Å²) in [5, 5.41) is 0. The molecule has 2 aromatic carbocycles. The first-order chi connectivity index (χ1) is 11.3. The summed E-state index contributed by atoms with van der Waals surface area (Å²) in [5.41, 5.74) is 1.73. The molecule has 0 fully saturated rings. The zero-order valence-corrected chi connectivity index (χ0v) is 14.3. The lowest BCUT2D eigenvalue weighted by Gasteiger charge is -2.40. The molecule has 1 aliphatic carbocycles. The summed E-state index contributed by atoms with van der Waals surface area (Å²) in [6.45, 7) is 2.11. The van der Waals surface area contributed by atoms with Gasteiger partial charge in [-0.3, -0.25) is 0 Å². The zero-order chi connectivity index (χ0) is 17.1. The van der Waals surface area contributed by atoms with Gasteiger partial charge in [0, 0.05) is 23.5 Å². The van der Waals surface area contributed by atoms with Crippen molar-refractivity contribution < 1.29 is 13.2 Å². The molecule has 0 amide bonds. The fraction of sp³-hybridized carbons (Fsp3) is 0.368. The highest BCUT2D eigenvalue weighted by atomic mass is 32.2. The molecule has 0 saturated heterocycles. The lowest BCUT2D eigenvalue weighted by molar-refractivity contribution is -0.0328. The monoisotopic (exact) mass is 349 g/mol. The second-order valence-corrected chi connectivity index (χ2v) is 7.75. The van der Waals surface area contributed by atoms with E-state index in [-0.39, 0.29) is 22.6 Å². The highest BCUT2D eigenvalue weighted by Crippen LogP contribution is 2.46. The number of fused-ring (bicyclic) bond motifs is 2. The Morgan fingerprint density at radius 3 is 2.58 bits per heavy atom. The van der Waals surface area contributed by atoms with E-state index >= 15 is 0 Å². The largest absolute Gasteiger partial charge is 0.446 e. The van der Waals surface area contributed by atoms with Crippen LogP contribution in [-0.4, -0.2) is 12.6 Å². The van der Waals surface area contributed by atoms with Crippen molar-refractivity contribution in [1.82, 2.24) is 0 Å². The maximum Gasteiger partial charge on any atom is 0.446 e. The molecule has 2 unspecified atom stereocenters. The van der Waals surface area contributed by atoms with Crippen LogP contribution in [0.3, 0.4) is 0 Å². The smallest absolute Gasteiger partial charge is 0.368 e. The summed E-state index contributed by atoms with van der Waals surface area (Å²) in [4.78, 5) is 2.59. The van der Waals surface area contributed by atoms with Gasteiger partial charge in [0.05, 0.1) is 6.04 Å². The van der Waals surface area contributed by atoms with E-state index in [0.29, 0.717) is 6.04 Å². The normalized spacial score (nSPS) is 22.1. The van der Waals surface area contributed by atoms with Crippen LogP contribution in [0.5, 0.6) is 0 Å². The third-order valence-corrected chi connectivity index (χ3v) is 6.00. The van der Waals surface area contributed by atoms with Crippen LogP contribution in [0.25, 0.3) is 0 Å². The number of alkyl halides is 3. The van der Waals surface area contributed by atoms with Crippen LogP contribution in [0, 0.1) is 0 Å². The number of hydrogen-bond donors (Lipinski definition) is 0. The maximum atomic E-state index is 12.7. The van der Waals surface area contributed by atoms with Crippen LogP contribution < -0.4 is 4.90 Å². The quantitative estimate of drug-likeness (QED) is 0.591. The van der Waals surface area contributed by atoms with Gasteiger partial charge in [0.25, 0.3) is 0 Å². The molecule has 0 saturated carbocycles. The minimum absolute atomic E-state index is 0.0270. The molecule has 3 aliphatic rings.